The molecule has 1 saturated heterocycles. The third kappa shape index (κ3) is 4.53. The van der Waals surface area contributed by atoms with E-state index in [-0.39, 0.29) is 0 Å². The van der Waals surface area contributed by atoms with Crippen molar-refractivity contribution in [3.05, 3.63) is 78.4 Å². The normalized spacial score (nSPS) is 15.2. The fourth-order valence-corrected chi connectivity index (χ4v) is 3.71. The molecule has 158 valence electrons. The molecule has 1 fully saturated rings. The molecule has 1 aliphatic rings. The van der Waals surface area contributed by atoms with Crippen LogP contribution in [-0.2, 0) is 0 Å². The van der Waals surface area contributed by atoms with Crippen molar-refractivity contribution < 1.29 is 4.74 Å². The molecule has 0 radical (unpaired) electrons. The summed E-state index contributed by atoms with van der Waals surface area (Å²) in [6, 6.07) is 15.8. The standard InChI is InChI=1S/C26H23N5O/c1-18-13-21(7-9-25(18)32-22-3-2-11-27-16-22)31-26-23-14-19(4-5-20-10-12-28-15-20)6-8-24(23)29-17-30-26/h2-3,6-9,11,13-14,16-17,20,28H,10,12,15H2,1H3,(H,29,30,31). The number of hydrogen-bond donors (Lipinski definition) is 2. The number of hydrogen-bond acceptors (Lipinski definition) is 6. The fourth-order valence-electron chi connectivity index (χ4n) is 3.71. The van der Waals surface area contributed by atoms with Crippen LogP contribution in [-0.4, -0.2) is 28.0 Å². The van der Waals surface area contributed by atoms with Crippen molar-refractivity contribution in [2.24, 2.45) is 5.92 Å². The Balaban J connectivity index is 1.39. The second kappa shape index (κ2) is 9.04. The summed E-state index contributed by atoms with van der Waals surface area (Å²) in [6.07, 6.45) is 6.10. The highest BCUT2D eigenvalue weighted by molar-refractivity contribution is 5.91. The average molecular weight is 422 g/mol. The first kappa shape index (κ1) is 20.0. The molecule has 0 spiro atoms. The highest BCUT2D eigenvalue weighted by Gasteiger charge is 2.11. The second-order valence-corrected chi connectivity index (χ2v) is 7.81. The Labute approximate surface area is 187 Å². The first-order valence-electron chi connectivity index (χ1n) is 10.7. The van der Waals surface area contributed by atoms with E-state index in [0.717, 1.165) is 58.8 Å². The van der Waals surface area contributed by atoms with Crippen LogP contribution in [0.15, 0.2) is 67.3 Å². The molecule has 6 nitrogen and oxygen atoms in total. The van der Waals surface area contributed by atoms with Gasteiger partial charge in [0.25, 0.3) is 0 Å². The third-order valence-electron chi connectivity index (χ3n) is 5.42. The maximum absolute atomic E-state index is 5.93. The number of ether oxygens (including phenoxy) is 1. The highest BCUT2D eigenvalue weighted by atomic mass is 16.5. The van der Waals surface area contributed by atoms with Gasteiger partial charge in [0.2, 0.25) is 0 Å². The summed E-state index contributed by atoms with van der Waals surface area (Å²) in [4.78, 5) is 13.0. The van der Waals surface area contributed by atoms with E-state index in [9.17, 15) is 0 Å². The highest BCUT2D eigenvalue weighted by Crippen LogP contribution is 2.29. The molecule has 0 bridgehead atoms. The minimum atomic E-state index is 0.422. The van der Waals surface area contributed by atoms with Crippen LogP contribution in [0.25, 0.3) is 10.9 Å². The Bertz CT molecular complexity index is 1300. The van der Waals surface area contributed by atoms with Crippen molar-refractivity contribution in [1.29, 1.82) is 0 Å². The van der Waals surface area contributed by atoms with E-state index in [1.807, 2.05) is 49.4 Å². The van der Waals surface area contributed by atoms with Gasteiger partial charge in [-0.05, 0) is 74.0 Å². The Morgan fingerprint density at radius 2 is 2.09 bits per heavy atom. The lowest BCUT2D eigenvalue weighted by molar-refractivity contribution is 0.476. The minimum absolute atomic E-state index is 0.422. The van der Waals surface area contributed by atoms with Crippen molar-refractivity contribution in [3.63, 3.8) is 0 Å². The van der Waals surface area contributed by atoms with Gasteiger partial charge < -0.3 is 15.4 Å². The zero-order valence-corrected chi connectivity index (χ0v) is 17.8. The lowest BCUT2D eigenvalue weighted by Gasteiger charge is -2.12. The number of nitrogens with one attached hydrogen (secondary N) is 2. The lowest BCUT2D eigenvalue weighted by Crippen LogP contribution is -2.07. The molecule has 0 amide bonds. The molecule has 1 unspecified atom stereocenters. The molecule has 4 aromatic rings. The largest absolute Gasteiger partial charge is 0.455 e. The van der Waals surface area contributed by atoms with Gasteiger partial charge in [-0.2, -0.15) is 0 Å². The van der Waals surface area contributed by atoms with Crippen molar-refractivity contribution in [3.8, 4) is 23.3 Å². The van der Waals surface area contributed by atoms with E-state index in [4.69, 9.17) is 4.74 Å². The molecule has 6 heteroatoms. The molecule has 0 saturated carbocycles. The number of aryl methyl sites for hydroxylation is 1. The van der Waals surface area contributed by atoms with Gasteiger partial charge in [-0.25, -0.2) is 9.97 Å². The van der Waals surface area contributed by atoms with Gasteiger partial charge in [-0.3, -0.25) is 4.98 Å². The average Bonchev–Trinajstić information content (AvgIpc) is 3.34. The summed E-state index contributed by atoms with van der Waals surface area (Å²) in [5, 5.41) is 7.72. The van der Waals surface area contributed by atoms with Gasteiger partial charge in [0.1, 0.15) is 23.6 Å². The van der Waals surface area contributed by atoms with Crippen LogP contribution in [0.2, 0.25) is 0 Å². The van der Waals surface area contributed by atoms with E-state index >= 15 is 0 Å². The zero-order valence-electron chi connectivity index (χ0n) is 17.8. The third-order valence-corrected chi connectivity index (χ3v) is 5.42. The van der Waals surface area contributed by atoms with Crippen LogP contribution in [0.1, 0.15) is 17.5 Å². The van der Waals surface area contributed by atoms with Crippen LogP contribution in [0.5, 0.6) is 11.5 Å². The Hall–Kier alpha value is -3.95. The quantitative estimate of drug-likeness (QED) is 0.460. The van der Waals surface area contributed by atoms with Gasteiger partial charge in [0.15, 0.2) is 0 Å². The number of nitrogens with zero attached hydrogens (tertiary/aromatic N) is 3. The lowest BCUT2D eigenvalue weighted by atomic mass is 10.1. The van der Waals surface area contributed by atoms with Gasteiger partial charge >= 0.3 is 0 Å². The number of fused-ring (bicyclic) bond motifs is 1. The molecule has 1 atom stereocenters. The van der Waals surface area contributed by atoms with Crippen molar-refractivity contribution >= 4 is 22.4 Å². The molecule has 5 rings (SSSR count). The van der Waals surface area contributed by atoms with Crippen molar-refractivity contribution in [2.75, 3.05) is 18.4 Å². The Morgan fingerprint density at radius 3 is 2.91 bits per heavy atom. The molecular weight excluding hydrogens is 398 g/mol. The molecule has 0 aliphatic carbocycles. The van der Waals surface area contributed by atoms with Gasteiger partial charge in [-0.1, -0.05) is 11.8 Å². The van der Waals surface area contributed by atoms with Crippen LogP contribution in [0, 0.1) is 24.7 Å². The van der Waals surface area contributed by atoms with E-state index < -0.39 is 0 Å². The first-order chi connectivity index (χ1) is 15.7. The van der Waals surface area contributed by atoms with Crippen molar-refractivity contribution in [1.82, 2.24) is 20.3 Å². The summed E-state index contributed by atoms with van der Waals surface area (Å²) in [7, 11) is 0. The van der Waals surface area contributed by atoms with E-state index in [1.165, 1.54) is 0 Å². The molecule has 1 aliphatic heterocycles. The summed E-state index contributed by atoms with van der Waals surface area (Å²) in [5.41, 5.74) is 3.78. The van der Waals surface area contributed by atoms with Gasteiger partial charge in [-0.15, -0.1) is 0 Å². The summed E-state index contributed by atoms with van der Waals surface area (Å²) in [6.45, 7) is 4.03. The molecule has 32 heavy (non-hydrogen) atoms. The number of rotatable bonds is 4. The maximum atomic E-state index is 5.93. The topological polar surface area (TPSA) is 72.0 Å². The van der Waals surface area contributed by atoms with Crippen LogP contribution in [0.4, 0.5) is 11.5 Å². The van der Waals surface area contributed by atoms with E-state index in [1.54, 1.807) is 18.7 Å². The van der Waals surface area contributed by atoms with Crippen LogP contribution in [0.3, 0.4) is 0 Å². The number of aromatic nitrogens is 3. The van der Waals surface area contributed by atoms with Gasteiger partial charge in [0.05, 0.1) is 11.7 Å². The summed E-state index contributed by atoms with van der Waals surface area (Å²) < 4.78 is 5.93. The molecule has 2 aromatic carbocycles. The van der Waals surface area contributed by atoms with Crippen LogP contribution >= 0.6 is 0 Å². The first-order valence-corrected chi connectivity index (χ1v) is 10.7. The predicted molar refractivity (Wildman–Crippen MR) is 126 cm³/mol. The predicted octanol–water partition coefficient (Wildman–Crippen LogP) is 4.83. The minimum Gasteiger partial charge on any atom is -0.455 e. The molecule has 2 N–H and O–H groups in total. The van der Waals surface area contributed by atoms with E-state index in [2.05, 4.69) is 43.5 Å². The SMILES string of the molecule is Cc1cc(Nc2ncnc3ccc(C#CC4CCNC4)cc23)ccc1Oc1cccnc1. The van der Waals surface area contributed by atoms with Crippen LogP contribution < -0.4 is 15.4 Å². The summed E-state index contributed by atoms with van der Waals surface area (Å²) in [5.74, 6) is 9.36. The molecule has 3 heterocycles. The fraction of sp³-hybridized carbons (Fsp3) is 0.192. The van der Waals surface area contributed by atoms with Crippen molar-refractivity contribution in [2.45, 2.75) is 13.3 Å². The number of pyridine rings is 1. The molecular formula is C26H23N5O. The zero-order chi connectivity index (χ0) is 21.8. The number of anilines is 2. The Morgan fingerprint density at radius 1 is 1.12 bits per heavy atom. The Kier molecular flexibility index (Phi) is 5.65. The second-order valence-electron chi connectivity index (χ2n) is 7.81. The monoisotopic (exact) mass is 421 g/mol. The van der Waals surface area contributed by atoms with Gasteiger partial charge in [0, 0.05) is 35.3 Å². The molecule has 2 aromatic heterocycles. The smallest absolute Gasteiger partial charge is 0.145 e. The van der Waals surface area contributed by atoms with E-state index in [0.29, 0.717) is 11.7 Å². The summed E-state index contributed by atoms with van der Waals surface area (Å²) >= 11 is 0. The number of benzene rings is 2. The maximum Gasteiger partial charge on any atom is 0.145 e.